The van der Waals surface area contributed by atoms with E-state index in [1.165, 1.54) is 12.1 Å². The molecule has 0 saturated carbocycles. The van der Waals surface area contributed by atoms with Crippen LogP contribution < -0.4 is 11.3 Å². The number of likely N-dealkylation sites (N-methyl/N-ethyl adjacent to an activating group) is 1. The molecule has 1 aromatic carbocycles. The van der Waals surface area contributed by atoms with Crippen LogP contribution in [0.25, 0.3) is 0 Å². The van der Waals surface area contributed by atoms with Gasteiger partial charge in [-0.25, -0.2) is 8.78 Å². The predicted molar refractivity (Wildman–Crippen MR) is 78.2 cm³/mol. The van der Waals surface area contributed by atoms with E-state index in [-0.39, 0.29) is 11.6 Å². The molecule has 0 aliphatic carbocycles. The first kappa shape index (κ1) is 17.0. The van der Waals surface area contributed by atoms with Crippen molar-refractivity contribution < 1.29 is 8.78 Å². The maximum atomic E-state index is 13.3. The van der Waals surface area contributed by atoms with Crippen LogP contribution >= 0.6 is 0 Å². The fourth-order valence-corrected chi connectivity index (χ4v) is 2.74. The summed E-state index contributed by atoms with van der Waals surface area (Å²) in [4.78, 5) is 2.27. The Morgan fingerprint density at radius 2 is 1.65 bits per heavy atom. The highest BCUT2D eigenvalue weighted by Gasteiger charge is 2.33. The van der Waals surface area contributed by atoms with Crippen LogP contribution in [0.5, 0.6) is 0 Å². The highest BCUT2D eigenvalue weighted by atomic mass is 19.1. The highest BCUT2D eigenvalue weighted by Crippen LogP contribution is 2.22. The van der Waals surface area contributed by atoms with E-state index in [1.807, 2.05) is 0 Å². The zero-order valence-corrected chi connectivity index (χ0v) is 12.7. The first-order valence-electron chi connectivity index (χ1n) is 7.01. The van der Waals surface area contributed by atoms with E-state index in [2.05, 4.69) is 38.0 Å². The molecule has 20 heavy (non-hydrogen) atoms. The molecule has 0 aromatic heterocycles. The van der Waals surface area contributed by atoms with Crippen molar-refractivity contribution in [1.29, 1.82) is 0 Å². The Bertz CT molecular complexity index is 411. The Balaban J connectivity index is 2.95. The average molecular weight is 285 g/mol. The third-order valence-corrected chi connectivity index (χ3v) is 3.99. The van der Waals surface area contributed by atoms with Crippen LogP contribution in [0.1, 0.15) is 33.3 Å². The molecule has 0 radical (unpaired) electrons. The van der Waals surface area contributed by atoms with Crippen molar-refractivity contribution in [3.8, 4) is 0 Å². The molecule has 0 spiro atoms. The summed E-state index contributed by atoms with van der Waals surface area (Å²) >= 11 is 0. The van der Waals surface area contributed by atoms with E-state index in [4.69, 9.17) is 5.84 Å². The van der Waals surface area contributed by atoms with Gasteiger partial charge in [-0.2, -0.15) is 0 Å². The second kappa shape index (κ2) is 7.11. The summed E-state index contributed by atoms with van der Waals surface area (Å²) in [6, 6.07) is 3.48. The minimum absolute atomic E-state index is 0.108. The Labute approximate surface area is 120 Å². The van der Waals surface area contributed by atoms with Crippen molar-refractivity contribution in [3.63, 3.8) is 0 Å². The quantitative estimate of drug-likeness (QED) is 0.597. The summed E-state index contributed by atoms with van der Waals surface area (Å²) in [5.41, 5.74) is 3.17. The van der Waals surface area contributed by atoms with Gasteiger partial charge in [-0.3, -0.25) is 16.2 Å². The Kier molecular flexibility index (Phi) is 6.05. The molecular weight excluding hydrogens is 260 g/mol. The lowest BCUT2D eigenvalue weighted by atomic mass is 9.87. The van der Waals surface area contributed by atoms with Gasteiger partial charge >= 0.3 is 0 Å². The number of hydrogen-bond acceptors (Lipinski definition) is 3. The minimum atomic E-state index is -0.559. The molecule has 3 N–H and O–H groups in total. The van der Waals surface area contributed by atoms with Crippen molar-refractivity contribution in [3.05, 3.63) is 35.4 Å². The largest absolute Gasteiger partial charge is 0.297 e. The van der Waals surface area contributed by atoms with Gasteiger partial charge in [0, 0.05) is 17.6 Å². The first-order chi connectivity index (χ1) is 9.34. The van der Waals surface area contributed by atoms with E-state index in [1.54, 1.807) is 0 Å². The van der Waals surface area contributed by atoms with Gasteiger partial charge in [-0.05, 0) is 51.1 Å². The van der Waals surface area contributed by atoms with Gasteiger partial charge in [0.15, 0.2) is 0 Å². The van der Waals surface area contributed by atoms with Gasteiger partial charge < -0.3 is 0 Å². The Morgan fingerprint density at radius 3 is 2.05 bits per heavy atom. The van der Waals surface area contributed by atoms with Crippen LogP contribution in [0, 0.1) is 11.6 Å². The number of hydrazine groups is 1. The van der Waals surface area contributed by atoms with Crippen LogP contribution in [0.4, 0.5) is 8.78 Å². The molecule has 0 aliphatic rings. The molecule has 0 amide bonds. The SMILES string of the molecule is CCN(CC)C(C)(C)C(Cc1cc(F)cc(F)c1)NN. The smallest absolute Gasteiger partial charge is 0.126 e. The van der Waals surface area contributed by atoms with E-state index in [0.717, 1.165) is 19.2 Å². The maximum Gasteiger partial charge on any atom is 0.126 e. The summed E-state index contributed by atoms with van der Waals surface area (Å²) in [5.74, 6) is 4.55. The molecule has 1 unspecified atom stereocenters. The van der Waals surface area contributed by atoms with Crippen LogP contribution in [-0.2, 0) is 6.42 Å². The predicted octanol–water partition coefficient (Wildman–Crippen LogP) is 2.46. The lowest BCUT2D eigenvalue weighted by molar-refractivity contribution is 0.0911. The molecule has 1 rings (SSSR count). The van der Waals surface area contributed by atoms with E-state index in [0.29, 0.717) is 12.0 Å². The van der Waals surface area contributed by atoms with Crippen molar-refractivity contribution in [2.75, 3.05) is 13.1 Å². The summed E-state index contributed by atoms with van der Waals surface area (Å²) in [6.45, 7) is 10.1. The highest BCUT2D eigenvalue weighted by molar-refractivity contribution is 5.20. The van der Waals surface area contributed by atoms with Crippen LogP contribution in [0.3, 0.4) is 0 Å². The third-order valence-electron chi connectivity index (χ3n) is 3.99. The topological polar surface area (TPSA) is 41.3 Å². The normalized spacial score (nSPS) is 13.8. The number of halogens is 2. The van der Waals surface area contributed by atoms with Gasteiger partial charge in [0.25, 0.3) is 0 Å². The molecule has 1 atom stereocenters. The lowest BCUT2D eigenvalue weighted by Gasteiger charge is -2.43. The summed E-state index contributed by atoms with van der Waals surface area (Å²) in [5, 5.41) is 0. The van der Waals surface area contributed by atoms with Gasteiger partial charge in [0.05, 0.1) is 0 Å². The molecular formula is C15H25F2N3. The van der Waals surface area contributed by atoms with Gasteiger partial charge in [0.1, 0.15) is 11.6 Å². The Hall–Kier alpha value is -1.04. The van der Waals surface area contributed by atoms with E-state index >= 15 is 0 Å². The number of nitrogens with zero attached hydrogens (tertiary/aromatic N) is 1. The number of benzene rings is 1. The standard InChI is InChI=1S/C15H25F2N3/c1-5-20(6-2)15(3,4)14(19-18)9-11-7-12(16)10-13(17)8-11/h7-8,10,14,19H,5-6,9,18H2,1-4H3. The number of rotatable bonds is 7. The second-order valence-corrected chi connectivity index (χ2v) is 5.53. The fraction of sp³-hybridized carbons (Fsp3) is 0.600. The molecule has 0 fully saturated rings. The minimum Gasteiger partial charge on any atom is -0.297 e. The van der Waals surface area contributed by atoms with Crippen LogP contribution in [0.2, 0.25) is 0 Å². The fourth-order valence-electron chi connectivity index (χ4n) is 2.74. The first-order valence-corrected chi connectivity index (χ1v) is 7.01. The monoisotopic (exact) mass is 285 g/mol. The van der Waals surface area contributed by atoms with Crippen molar-refractivity contribution >= 4 is 0 Å². The Morgan fingerprint density at radius 1 is 1.15 bits per heavy atom. The number of nitrogens with one attached hydrogen (secondary N) is 1. The molecule has 0 heterocycles. The molecule has 3 nitrogen and oxygen atoms in total. The molecule has 114 valence electrons. The molecule has 0 bridgehead atoms. The molecule has 1 aromatic rings. The summed E-state index contributed by atoms with van der Waals surface area (Å²) in [6.07, 6.45) is 0.467. The number of nitrogens with two attached hydrogens (primary N) is 1. The summed E-state index contributed by atoms with van der Waals surface area (Å²) in [7, 11) is 0. The van der Waals surface area contributed by atoms with E-state index < -0.39 is 11.6 Å². The van der Waals surface area contributed by atoms with Gasteiger partial charge in [-0.1, -0.05) is 13.8 Å². The van der Waals surface area contributed by atoms with Crippen molar-refractivity contribution in [1.82, 2.24) is 10.3 Å². The van der Waals surface area contributed by atoms with Crippen molar-refractivity contribution in [2.45, 2.75) is 45.7 Å². The van der Waals surface area contributed by atoms with Crippen molar-refractivity contribution in [2.24, 2.45) is 5.84 Å². The maximum absolute atomic E-state index is 13.3. The molecule has 0 saturated heterocycles. The van der Waals surface area contributed by atoms with Crippen LogP contribution in [0.15, 0.2) is 18.2 Å². The second-order valence-electron chi connectivity index (χ2n) is 5.53. The lowest BCUT2D eigenvalue weighted by Crippen LogP contribution is -2.60. The zero-order chi connectivity index (χ0) is 15.3. The van der Waals surface area contributed by atoms with Crippen LogP contribution in [-0.4, -0.2) is 29.6 Å². The molecule has 5 heteroatoms. The number of hydrogen-bond donors (Lipinski definition) is 2. The third kappa shape index (κ3) is 3.98. The summed E-state index contributed by atoms with van der Waals surface area (Å²) < 4.78 is 26.5. The zero-order valence-electron chi connectivity index (χ0n) is 12.7. The average Bonchev–Trinajstić information content (AvgIpc) is 2.35. The van der Waals surface area contributed by atoms with E-state index in [9.17, 15) is 8.78 Å². The van der Waals surface area contributed by atoms with Gasteiger partial charge in [0.2, 0.25) is 0 Å². The molecule has 0 aliphatic heterocycles. The van der Waals surface area contributed by atoms with Gasteiger partial charge in [-0.15, -0.1) is 0 Å².